The third-order valence-electron chi connectivity index (χ3n) is 7.23. The quantitative estimate of drug-likeness (QED) is 0.150. The number of thioether (sulfide) groups is 1. The number of aromatic nitrogens is 1. The Morgan fingerprint density at radius 1 is 1.07 bits per heavy atom. The van der Waals surface area contributed by atoms with E-state index >= 15 is 0 Å². The number of benzene rings is 4. The number of carbonyl (C=O) groups is 2. The molecule has 1 aliphatic rings. The molecule has 232 valence electrons. The molecule has 2 amide bonds. The van der Waals surface area contributed by atoms with Gasteiger partial charge in [-0.05, 0) is 90.0 Å². The van der Waals surface area contributed by atoms with E-state index in [1.165, 1.54) is 30.0 Å². The van der Waals surface area contributed by atoms with Crippen molar-refractivity contribution in [3.63, 3.8) is 0 Å². The number of aliphatic imine (C=N–C) groups is 1. The SMILES string of the molecule is COc1ccc(N=C2S/C(=C\c3ccc(OCC(=O)Nc4ccccc4F)c(Cl)c3)C(=O)N2CCc2c[nH]c3ccccc23)cc1. The minimum absolute atomic E-state index is 0.0632. The van der Waals surface area contributed by atoms with E-state index in [1.54, 1.807) is 42.4 Å². The van der Waals surface area contributed by atoms with Crippen LogP contribution in [-0.4, -0.2) is 47.1 Å². The zero-order valence-corrected chi connectivity index (χ0v) is 26.2. The van der Waals surface area contributed by atoms with Crippen molar-refractivity contribution in [2.24, 2.45) is 4.99 Å². The van der Waals surface area contributed by atoms with Crippen LogP contribution in [0.25, 0.3) is 17.0 Å². The molecule has 2 heterocycles. The number of anilines is 1. The van der Waals surface area contributed by atoms with E-state index in [0.717, 1.165) is 16.5 Å². The average Bonchev–Trinajstić information content (AvgIpc) is 3.60. The number of hydrogen-bond acceptors (Lipinski definition) is 6. The van der Waals surface area contributed by atoms with Crippen LogP contribution in [-0.2, 0) is 16.0 Å². The molecule has 11 heteroatoms. The highest BCUT2D eigenvalue weighted by molar-refractivity contribution is 8.18. The summed E-state index contributed by atoms with van der Waals surface area (Å²) >= 11 is 7.76. The number of amides is 2. The fourth-order valence-electron chi connectivity index (χ4n) is 4.89. The van der Waals surface area contributed by atoms with Gasteiger partial charge in [-0.1, -0.05) is 48.0 Å². The molecule has 1 fully saturated rings. The molecule has 0 unspecified atom stereocenters. The second kappa shape index (κ2) is 13.9. The molecule has 0 atom stereocenters. The molecule has 4 aromatic carbocycles. The highest BCUT2D eigenvalue weighted by Crippen LogP contribution is 2.36. The third-order valence-corrected chi connectivity index (χ3v) is 8.53. The Hall–Kier alpha value is -5.06. The predicted molar refractivity (Wildman–Crippen MR) is 181 cm³/mol. The summed E-state index contributed by atoms with van der Waals surface area (Å²) in [6, 6.07) is 26.3. The smallest absolute Gasteiger partial charge is 0.266 e. The summed E-state index contributed by atoms with van der Waals surface area (Å²) in [6.07, 6.45) is 4.36. The van der Waals surface area contributed by atoms with Crippen LogP contribution >= 0.6 is 23.4 Å². The number of methoxy groups -OCH3 is 1. The maximum Gasteiger partial charge on any atom is 0.266 e. The minimum atomic E-state index is -0.542. The van der Waals surface area contributed by atoms with Crippen LogP contribution in [0.5, 0.6) is 11.5 Å². The summed E-state index contributed by atoms with van der Waals surface area (Å²) in [6.45, 7) is 0.0713. The molecule has 0 radical (unpaired) electrons. The maximum atomic E-state index is 13.8. The van der Waals surface area contributed by atoms with Gasteiger partial charge in [-0.2, -0.15) is 0 Å². The first kappa shape index (κ1) is 30.9. The zero-order chi connectivity index (χ0) is 32.0. The molecule has 46 heavy (non-hydrogen) atoms. The van der Waals surface area contributed by atoms with E-state index in [-0.39, 0.29) is 29.0 Å². The second-order valence-electron chi connectivity index (χ2n) is 10.3. The van der Waals surface area contributed by atoms with Gasteiger partial charge in [-0.25, -0.2) is 9.38 Å². The molecule has 0 spiro atoms. The molecule has 1 aromatic heterocycles. The Bertz CT molecular complexity index is 1980. The van der Waals surface area contributed by atoms with E-state index in [4.69, 9.17) is 26.1 Å². The van der Waals surface area contributed by atoms with E-state index in [2.05, 4.69) is 16.4 Å². The number of H-pyrrole nitrogens is 1. The van der Waals surface area contributed by atoms with Crippen molar-refractivity contribution in [3.8, 4) is 11.5 Å². The van der Waals surface area contributed by atoms with Crippen LogP contribution in [0.3, 0.4) is 0 Å². The summed E-state index contributed by atoms with van der Waals surface area (Å²) in [7, 11) is 1.60. The minimum Gasteiger partial charge on any atom is -0.497 e. The molecule has 6 rings (SSSR count). The fraction of sp³-hybridized carbons (Fsp3) is 0.114. The summed E-state index contributed by atoms with van der Waals surface area (Å²) < 4.78 is 24.7. The molecule has 1 aliphatic heterocycles. The first-order valence-corrected chi connectivity index (χ1v) is 15.5. The maximum absolute atomic E-state index is 13.8. The van der Waals surface area contributed by atoms with Gasteiger partial charge >= 0.3 is 0 Å². The van der Waals surface area contributed by atoms with Crippen molar-refractivity contribution in [3.05, 3.63) is 124 Å². The van der Waals surface area contributed by atoms with Gasteiger partial charge in [-0.3, -0.25) is 14.5 Å². The summed E-state index contributed by atoms with van der Waals surface area (Å²) in [5.41, 5.74) is 3.58. The average molecular weight is 655 g/mol. The number of halogens is 2. The molecule has 0 saturated carbocycles. The molecule has 1 saturated heterocycles. The number of rotatable bonds is 10. The Morgan fingerprint density at radius 3 is 2.63 bits per heavy atom. The number of hydrogen-bond donors (Lipinski definition) is 2. The Kier molecular flexibility index (Phi) is 9.37. The molecule has 5 aromatic rings. The highest BCUT2D eigenvalue weighted by Gasteiger charge is 2.33. The van der Waals surface area contributed by atoms with Gasteiger partial charge in [0.05, 0.1) is 28.4 Å². The lowest BCUT2D eigenvalue weighted by atomic mass is 10.1. The van der Waals surface area contributed by atoms with Crippen molar-refractivity contribution in [1.82, 2.24) is 9.88 Å². The number of amidine groups is 1. The number of carbonyl (C=O) groups excluding carboxylic acids is 2. The highest BCUT2D eigenvalue weighted by atomic mass is 35.5. The fourth-order valence-corrected chi connectivity index (χ4v) is 6.16. The Morgan fingerprint density at radius 2 is 1.85 bits per heavy atom. The van der Waals surface area contributed by atoms with Crippen LogP contribution < -0.4 is 14.8 Å². The third kappa shape index (κ3) is 7.09. The van der Waals surface area contributed by atoms with Gasteiger partial charge in [-0.15, -0.1) is 0 Å². The van der Waals surface area contributed by atoms with Crippen molar-refractivity contribution in [1.29, 1.82) is 0 Å². The van der Waals surface area contributed by atoms with E-state index in [1.807, 2.05) is 48.7 Å². The summed E-state index contributed by atoms with van der Waals surface area (Å²) in [5.74, 6) is -0.250. The lowest BCUT2D eigenvalue weighted by molar-refractivity contribution is -0.122. The van der Waals surface area contributed by atoms with Gasteiger partial charge in [0.25, 0.3) is 11.8 Å². The topological polar surface area (TPSA) is 96.0 Å². The van der Waals surface area contributed by atoms with Crippen LogP contribution in [0.4, 0.5) is 15.8 Å². The molecule has 2 N–H and O–H groups in total. The van der Waals surface area contributed by atoms with Crippen molar-refractivity contribution >= 4 is 68.7 Å². The van der Waals surface area contributed by atoms with Crippen molar-refractivity contribution in [2.45, 2.75) is 6.42 Å². The molecule has 8 nitrogen and oxygen atoms in total. The number of ether oxygens (including phenoxy) is 2. The van der Waals surface area contributed by atoms with E-state index in [9.17, 15) is 14.0 Å². The van der Waals surface area contributed by atoms with E-state index < -0.39 is 11.7 Å². The molecule has 0 aliphatic carbocycles. The van der Waals surface area contributed by atoms with Gasteiger partial charge in [0.15, 0.2) is 11.8 Å². The zero-order valence-electron chi connectivity index (χ0n) is 24.6. The predicted octanol–water partition coefficient (Wildman–Crippen LogP) is 7.83. The number of nitrogens with one attached hydrogen (secondary N) is 2. The van der Waals surface area contributed by atoms with E-state index in [0.29, 0.717) is 40.0 Å². The lowest BCUT2D eigenvalue weighted by Gasteiger charge is -2.15. The number of nitrogens with zero attached hydrogens (tertiary/aromatic N) is 2. The normalized spacial score (nSPS) is 14.8. The number of fused-ring (bicyclic) bond motifs is 1. The molecule has 0 bridgehead atoms. The van der Waals surface area contributed by atoms with Crippen molar-refractivity contribution < 1.29 is 23.5 Å². The second-order valence-corrected chi connectivity index (χ2v) is 11.7. The van der Waals surface area contributed by atoms with Crippen LogP contribution in [0.15, 0.2) is 107 Å². The standard InChI is InChI=1S/C35H28ClFN4O4S/c1-44-25-13-11-24(12-14-25)39-35-41(17-16-23-20-38-29-8-4-2-6-26(23)29)34(43)32(46-35)19-22-10-15-31(27(36)18-22)45-21-33(42)40-30-9-5-3-7-28(30)37/h2-15,18-20,38H,16-17,21H2,1H3,(H,40,42)/b32-19-,39-35?. The lowest BCUT2D eigenvalue weighted by Crippen LogP contribution is -2.31. The van der Waals surface area contributed by atoms with Crippen LogP contribution in [0.2, 0.25) is 5.02 Å². The summed E-state index contributed by atoms with van der Waals surface area (Å²) in [5, 5.41) is 4.41. The molecular formula is C35H28ClFN4O4S. The van der Waals surface area contributed by atoms with Crippen LogP contribution in [0, 0.1) is 5.82 Å². The van der Waals surface area contributed by atoms with Gasteiger partial charge in [0, 0.05) is 23.6 Å². The first-order valence-electron chi connectivity index (χ1n) is 14.3. The first-order chi connectivity index (χ1) is 22.4. The van der Waals surface area contributed by atoms with Crippen molar-refractivity contribution in [2.75, 3.05) is 25.6 Å². The van der Waals surface area contributed by atoms with Gasteiger partial charge < -0.3 is 19.8 Å². The summed E-state index contributed by atoms with van der Waals surface area (Å²) in [4.78, 5) is 36.3. The largest absolute Gasteiger partial charge is 0.497 e. The number of aromatic amines is 1. The number of para-hydroxylation sites is 2. The Labute approximate surface area is 273 Å². The Balaban J connectivity index is 1.19. The van der Waals surface area contributed by atoms with Crippen LogP contribution in [0.1, 0.15) is 11.1 Å². The molecular weight excluding hydrogens is 627 g/mol. The monoisotopic (exact) mass is 654 g/mol. The van der Waals surface area contributed by atoms with Gasteiger partial charge in [0.2, 0.25) is 0 Å². The van der Waals surface area contributed by atoms with Gasteiger partial charge in [0.1, 0.15) is 17.3 Å².